The summed E-state index contributed by atoms with van der Waals surface area (Å²) in [6, 6.07) is 7.27. The fraction of sp³-hybridized carbons (Fsp3) is 0.600. The van der Waals surface area contributed by atoms with E-state index in [9.17, 15) is 4.79 Å². The Labute approximate surface area is 159 Å². The molecule has 5 nitrogen and oxygen atoms in total. The molecule has 140 valence electrons. The van der Waals surface area contributed by atoms with E-state index < -0.39 is 0 Å². The summed E-state index contributed by atoms with van der Waals surface area (Å²) in [4.78, 5) is 14.9. The molecular weight excluding hydrogens is 344 g/mol. The summed E-state index contributed by atoms with van der Waals surface area (Å²) < 4.78 is 0. The van der Waals surface area contributed by atoms with Gasteiger partial charge in [0.1, 0.15) is 0 Å². The first-order valence-electron chi connectivity index (χ1n) is 9.88. The van der Waals surface area contributed by atoms with Crippen molar-refractivity contribution in [3.63, 3.8) is 0 Å². The van der Waals surface area contributed by atoms with Crippen LogP contribution in [-0.2, 0) is 0 Å². The van der Waals surface area contributed by atoms with Gasteiger partial charge in [-0.05, 0) is 50.8 Å². The molecule has 0 saturated heterocycles. The van der Waals surface area contributed by atoms with Crippen LogP contribution >= 0.6 is 11.3 Å². The van der Waals surface area contributed by atoms with E-state index in [1.54, 1.807) is 11.3 Å². The molecule has 2 aromatic rings. The molecule has 1 amide bonds. The van der Waals surface area contributed by atoms with Crippen LogP contribution in [0.1, 0.15) is 66.7 Å². The van der Waals surface area contributed by atoms with Crippen molar-refractivity contribution in [2.45, 2.75) is 76.4 Å². The lowest BCUT2D eigenvalue weighted by Gasteiger charge is -2.40. The smallest absolute Gasteiger partial charge is 0.272 e. The molecule has 4 rings (SSSR count). The van der Waals surface area contributed by atoms with Gasteiger partial charge < -0.3 is 10.6 Å². The molecule has 0 radical (unpaired) electrons. The minimum absolute atomic E-state index is 0.0712. The molecule has 2 atom stereocenters. The van der Waals surface area contributed by atoms with E-state index in [0.29, 0.717) is 17.8 Å². The van der Waals surface area contributed by atoms with Crippen molar-refractivity contribution >= 4 is 17.2 Å². The zero-order valence-electron chi connectivity index (χ0n) is 15.4. The average Bonchev–Trinajstić information content (AvgIpc) is 3.20. The largest absolute Gasteiger partial charge is 0.346 e. The minimum atomic E-state index is -0.0712. The number of hydrogen-bond donors (Lipinski definition) is 3. The molecule has 2 aliphatic rings. The molecule has 2 saturated carbocycles. The summed E-state index contributed by atoms with van der Waals surface area (Å²) in [5.74, 6) is -0.0712. The number of nitrogens with zero attached hydrogens (tertiary/aromatic N) is 1. The van der Waals surface area contributed by atoms with Crippen molar-refractivity contribution in [1.82, 2.24) is 20.8 Å². The van der Waals surface area contributed by atoms with E-state index in [1.807, 2.05) is 6.07 Å². The van der Waals surface area contributed by atoms with Crippen molar-refractivity contribution in [3.8, 4) is 10.6 Å². The number of carbonyl (C=O) groups excluding carboxylic acids is 1. The number of nitrogens with one attached hydrogen (secondary N) is 3. The van der Waals surface area contributed by atoms with Gasteiger partial charge in [-0.15, -0.1) is 11.3 Å². The number of H-pyrrole nitrogens is 1. The second-order valence-corrected chi connectivity index (χ2v) is 8.98. The summed E-state index contributed by atoms with van der Waals surface area (Å²) in [7, 11) is 0. The van der Waals surface area contributed by atoms with E-state index >= 15 is 0 Å². The van der Waals surface area contributed by atoms with Gasteiger partial charge in [0.2, 0.25) is 0 Å². The minimum Gasteiger partial charge on any atom is -0.346 e. The third kappa shape index (κ3) is 4.01. The first-order chi connectivity index (χ1) is 12.7. The molecule has 0 aliphatic heterocycles. The predicted molar refractivity (Wildman–Crippen MR) is 106 cm³/mol. The van der Waals surface area contributed by atoms with E-state index in [2.05, 4.69) is 39.9 Å². The molecule has 2 aliphatic carbocycles. The molecule has 3 N–H and O–H groups in total. The Hall–Kier alpha value is -1.66. The lowest BCUT2D eigenvalue weighted by Crippen LogP contribution is -2.58. The van der Waals surface area contributed by atoms with Crippen molar-refractivity contribution in [2.75, 3.05) is 0 Å². The first-order valence-corrected chi connectivity index (χ1v) is 10.7. The van der Waals surface area contributed by atoms with Crippen molar-refractivity contribution in [1.29, 1.82) is 0 Å². The van der Waals surface area contributed by atoms with Crippen LogP contribution in [0.15, 0.2) is 18.2 Å². The molecule has 0 unspecified atom stereocenters. The molecule has 0 aromatic carbocycles. The molecule has 6 heteroatoms. The lowest BCUT2D eigenvalue weighted by molar-refractivity contribution is 0.0882. The Morgan fingerprint density at radius 1 is 1.12 bits per heavy atom. The number of rotatable bonds is 5. The van der Waals surface area contributed by atoms with Crippen LogP contribution < -0.4 is 10.6 Å². The zero-order chi connectivity index (χ0) is 17.9. The third-order valence-electron chi connectivity index (χ3n) is 5.71. The van der Waals surface area contributed by atoms with Gasteiger partial charge in [-0.25, -0.2) is 0 Å². The molecule has 26 heavy (non-hydrogen) atoms. The van der Waals surface area contributed by atoms with Crippen molar-refractivity contribution in [2.24, 2.45) is 0 Å². The van der Waals surface area contributed by atoms with E-state index in [0.717, 1.165) is 23.4 Å². The lowest BCUT2D eigenvalue weighted by atomic mass is 9.85. The van der Waals surface area contributed by atoms with E-state index in [1.165, 1.54) is 43.4 Å². The highest BCUT2D eigenvalue weighted by molar-refractivity contribution is 7.15. The van der Waals surface area contributed by atoms with Gasteiger partial charge >= 0.3 is 0 Å². The summed E-state index contributed by atoms with van der Waals surface area (Å²) in [5, 5.41) is 14.2. The van der Waals surface area contributed by atoms with E-state index in [4.69, 9.17) is 0 Å². The third-order valence-corrected chi connectivity index (χ3v) is 6.75. The van der Waals surface area contributed by atoms with Gasteiger partial charge in [-0.1, -0.05) is 25.7 Å². The van der Waals surface area contributed by atoms with Crippen LogP contribution in [0.4, 0.5) is 0 Å². The highest BCUT2D eigenvalue weighted by Gasteiger charge is 2.34. The van der Waals surface area contributed by atoms with Crippen LogP contribution in [0.5, 0.6) is 0 Å². The van der Waals surface area contributed by atoms with Gasteiger partial charge in [-0.3, -0.25) is 9.89 Å². The topological polar surface area (TPSA) is 69.8 Å². The van der Waals surface area contributed by atoms with Crippen LogP contribution in [0.25, 0.3) is 10.6 Å². The number of aromatic nitrogens is 2. The van der Waals surface area contributed by atoms with Gasteiger partial charge in [-0.2, -0.15) is 5.10 Å². The summed E-state index contributed by atoms with van der Waals surface area (Å²) >= 11 is 1.70. The molecule has 2 heterocycles. The quantitative estimate of drug-likeness (QED) is 0.694. The Morgan fingerprint density at radius 2 is 1.88 bits per heavy atom. The van der Waals surface area contributed by atoms with Crippen LogP contribution in [-0.4, -0.2) is 34.2 Å². The Morgan fingerprint density at radius 3 is 2.54 bits per heavy atom. The number of hydrogen-bond acceptors (Lipinski definition) is 4. The van der Waals surface area contributed by atoms with Crippen molar-refractivity contribution < 1.29 is 4.79 Å². The van der Waals surface area contributed by atoms with Crippen molar-refractivity contribution in [3.05, 3.63) is 28.8 Å². The predicted octanol–water partition coefficient (Wildman–Crippen LogP) is 4.02. The molecule has 0 bridgehead atoms. The molecule has 2 fully saturated rings. The number of aromatic amines is 1. The number of thiophene rings is 1. The maximum absolute atomic E-state index is 12.6. The molecule has 0 spiro atoms. The zero-order valence-corrected chi connectivity index (χ0v) is 16.2. The second-order valence-electron chi connectivity index (χ2n) is 7.70. The standard InChI is InChI=1S/C20H28N4OS/c1-13-8-11-19(26-13)17-12-18(24-23-17)20(25)22-16-10-9-15(16)21-14-6-4-2-3-5-7-14/h8,11-12,14-16,21H,2-7,9-10H2,1H3,(H,22,25)(H,23,24)/t15-,16+/m1/s1. The normalized spacial score (nSPS) is 24.0. The average molecular weight is 373 g/mol. The summed E-state index contributed by atoms with van der Waals surface area (Å²) in [5.41, 5.74) is 1.39. The number of aryl methyl sites for hydroxylation is 1. The summed E-state index contributed by atoms with van der Waals surface area (Å²) in [6.07, 6.45) is 10.2. The van der Waals surface area contributed by atoms with Gasteiger partial charge in [0, 0.05) is 23.0 Å². The van der Waals surface area contributed by atoms with Gasteiger partial charge in [0.25, 0.3) is 5.91 Å². The second kappa shape index (κ2) is 7.92. The van der Waals surface area contributed by atoms with Gasteiger partial charge in [0.15, 0.2) is 5.69 Å². The SMILES string of the molecule is Cc1ccc(-c2cc(C(=O)N[C@H]3CC[C@H]3NC3CCCCCC3)n[nH]2)s1. The fourth-order valence-electron chi connectivity index (χ4n) is 4.01. The first kappa shape index (κ1) is 17.7. The summed E-state index contributed by atoms with van der Waals surface area (Å²) in [6.45, 7) is 2.08. The van der Waals surface area contributed by atoms with E-state index in [-0.39, 0.29) is 11.9 Å². The number of amides is 1. The monoisotopic (exact) mass is 372 g/mol. The highest BCUT2D eigenvalue weighted by Crippen LogP contribution is 2.27. The van der Waals surface area contributed by atoms with Crippen LogP contribution in [0, 0.1) is 6.92 Å². The van der Waals surface area contributed by atoms with Crippen LogP contribution in [0.3, 0.4) is 0 Å². The number of carbonyl (C=O) groups is 1. The Balaban J connectivity index is 1.32. The maximum Gasteiger partial charge on any atom is 0.272 e. The Kier molecular flexibility index (Phi) is 5.41. The Bertz CT molecular complexity index is 745. The molecular formula is C20H28N4OS. The molecule has 2 aromatic heterocycles. The highest BCUT2D eigenvalue weighted by atomic mass is 32.1. The van der Waals surface area contributed by atoms with Crippen LogP contribution in [0.2, 0.25) is 0 Å². The maximum atomic E-state index is 12.6. The van der Waals surface area contributed by atoms with Gasteiger partial charge in [0.05, 0.1) is 10.6 Å². The fourth-order valence-corrected chi connectivity index (χ4v) is 4.84.